The molecule has 2 aromatic rings. The van der Waals surface area contributed by atoms with Gasteiger partial charge in [-0.25, -0.2) is 0 Å². The first-order chi connectivity index (χ1) is 10.7. The third kappa shape index (κ3) is 4.83. The Bertz CT molecular complexity index is 606. The van der Waals surface area contributed by atoms with Crippen LogP contribution in [0.4, 0.5) is 8.22 Å². The van der Waals surface area contributed by atoms with Crippen molar-refractivity contribution in [1.82, 2.24) is 4.57 Å². The van der Waals surface area contributed by atoms with Gasteiger partial charge in [-0.3, -0.25) is 8.67 Å². The largest absolute Gasteiger partial charge is 0.316 e. The molecule has 1 unspecified atom stereocenters. The summed E-state index contributed by atoms with van der Waals surface area (Å²) in [5, 5.41) is 0. The summed E-state index contributed by atoms with van der Waals surface area (Å²) in [6.07, 6.45) is 0. The van der Waals surface area contributed by atoms with Crippen molar-refractivity contribution < 1.29 is 8.22 Å². The number of nitrogens with zero attached hydrogens (tertiary/aromatic N) is 1. The molecule has 0 heterocycles. The minimum absolute atomic E-state index is 0.441. The van der Waals surface area contributed by atoms with Crippen molar-refractivity contribution in [3.05, 3.63) is 71.8 Å². The first kappa shape index (κ1) is 18.0. The molecule has 2 aromatic carbocycles. The fourth-order valence-corrected chi connectivity index (χ4v) is 7.93. The Kier molecular flexibility index (Phi) is 5.54. The van der Waals surface area contributed by atoms with Gasteiger partial charge in [-0.05, 0) is 37.3 Å². The molecular weight excluding hydrogens is 324 g/mol. The predicted octanol–water partition coefficient (Wildman–Crippen LogP) is 5.62. The number of hydrogen-bond donors (Lipinski definition) is 0. The van der Waals surface area contributed by atoms with Gasteiger partial charge in [0, 0.05) is 6.54 Å². The Labute approximate surface area is 140 Å². The van der Waals surface area contributed by atoms with Gasteiger partial charge in [0.2, 0.25) is 0 Å². The minimum atomic E-state index is -3.20. The maximum Gasteiger partial charge on any atom is 0.316 e. The maximum atomic E-state index is 15.2. The van der Waals surface area contributed by atoms with Crippen molar-refractivity contribution in [1.29, 1.82) is 0 Å². The summed E-state index contributed by atoms with van der Waals surface area (Å²) in [6, 6.07) is 19.3. The van der Waals surface area contributed by atoms with Gasteiger partial charge in [-0.1, -0.05) is 60.7 Å². The zero-order valence-electron chi connectivity index (χ0n) is 14.3. The molecule has 0 bridgehead atoms. The zero-order valence-corrected chi connectivity index (χ0v) is 16.3. The van der Waals surface area contributed by atoms with Crippen LogP contribution in [0, 0.1) is 0 Å². The summed E-state index contributed by atoms with van der Waals surface area (Å²) in [4.78, 5) is 0. The predicted molar refractivity (Wildman–Crippen MR) is 98.3 cm³/mol. The Morgan fingerprint density at radius 2 is 1.30 bits per heavy atom. The molecule has 0 aliphatic carbocycles. The van der Waals surface area contributed by atoms with Crippen LogP contribution in [-0.4, -0.2) is 21.5 Å². The summed E-state index contributed by atoms with van der Waals surface area (Å²) >= 11 is 0. The highest BCUT2D eigenvalue weighted by molar-refractivity contribution is 6.75. The topological polar surface area (TPSA) is 3.24 Å². The van der Waals surface area contributed by atoms with Crippen molar-refractivity contribution in [2.75, 3.05) is 0 Å². The highest BCUT2D eigenvalue weighted by Crippen LogP contribution is 2.36. The SMILES string of the molecule is C[Si](C)(F)C(c1ccccc1)N(Cc1ccccc1)[Si](C)(C)F. The Balaban J connectivity index is 2.45. The molecule has 1 atom stereocenters. The van der Waals surface area contributed by atoms with Gasteiger partial charge in [0.1, 0.15) is 0 Å². The maximum absolute atomic E-state index is 15.2. The number of benzene rings is 2. The van der Waals surface area contributed by atoms with Crippen molar-refractivity contribution >= 4 is 17.0 Å². The van der Waals surface area contributed by atoms with E-state index in [0.29, 0.717) is 6.54 Å². The van der Waals surface area contributed by atoms with E-state index in [2.05, 4.69) is 0 Å². The van der Waals surface area contributed by atoms with Gasteiger partial charge in [0.05, 0.1) is 5.67 Å². The van der Waals surface area contributed by atoms with E-state index in [1.54, 1.807) is 30.8 Å². The van der Waals surface area contributed by atoms with Crippen LogP contribution in [0.2, 0.25) is 26.2 Å². The van der Waals surface area contributed by atoms with Gasteiger partial charge in [0.15, 0.2) is 0 Å². The molecule has 2 rings (SSSR count). The molecule has 0 amide bonds. The molecule has 0 aliphatic heterocycles. The fourth-order valence-electron chi connectivity index (χ4n) is 2.95. The van der Waals surface area contributed by atoms with Crippen LogP contribution in [-0.2, 0) is 6.54 Å². The third-order valence-electron chi connectivity index (χ3n) is 3.96. The van der Waals surface area contributed by atoms with E-state index in [9.17, 15) is 0 Å². The van der Waals surface area contributed by atoms with E-state index < -0.39 is 22.6 Å². The van der Waals surface area contributed by atoms with Crippen LogP contribution in [0.1, 0.15) is 16.8 Å². The van der Waals surface area contributed by atoms with E-state index in [1.807, 2.05) is 60.7 Å². The lowest BCUT2D eigenvalue weighted by atomic mass is 10.2. The highest BCUT2D eigenvalue weighted by atomic mass is 28.4. The molecule has 0 aromatic heterocycles. The fraction of sp³-hybridized carbons (Fsp3) is 0.333. The number of hydrogen-bond acceptors (Lipinski definition) is 1. The van der Waals surface area contributed by atoms with Crippen molar-refractivity contribution in [3.63, 3.8) is 0 Å². The normalized spacial score (nSPS) is 14.0. The second kappa shape index (κ2) is 7.07. The van der Waals surface area contributed by atoms with Crippen LogP contribution in [0.15, 0.2) is 60.7 Å². The van der Waals surface area contributed by atoms with Crippen molar-refractivity contribution in [2.24, 2.45) is 0 Å². The summed E-state index contributed by atoms with van der Waals surface area (Å²) in [5.74, 6) is 0. The van der Waals surface area contributed by atoms with Gasteiger partial charge in [-0.15, -0.1) is 0 Å². The molecule has 0 radical (unpaired) electrons. The van der Waals surface area contributed by atoms with E-state index in [-0.39, 0.29) is 0 Å². The molecule has 0 fully saturated rings. The number of halogens is 2. The molecule has 23 heavy (non-hydrogen) atoms. The molecule has 124 valence electrons. The van der Waals surface area contributed by atoms with Crippen molar-refractivity contribution in [3.8, 4) is 0 Å². The lowest BCUT2D eigenvalue weighted by Gasteiger charge is -2.41. The average molecular weight is 350 g/mol. The van der Waals surface area contributed by atoms with Crippen LogP contribution in [0.5, 0.6) is 0 Å². The smallest absolute Gasteiger partial charge is 0.312 e. The average Bonchev–Trinajstić information content (AvgIpc) is 2.46. The summed E-state index contributed by atoms with van der Waals surface area (Å²) in [5.41, 5.74) is 1.42. The second-order valence-electron chi connectivity index (χ2n) is 6.90. The van der Waals surface area contributed by atoms with E-state index >= 15 is 8.22 Å². The van der Waals surface area contributed by atoms with Crippen LogP contribution in [0.3, 0.4) is 0 Å². The Hall–Kier alpha value is -1.31. The zero-order chi connectivity index (χ0) is 17.1. The van der Waals surface area contributed by atoms with Gasteiger partial charge in [-0.2, -0.15) is 0 Å². The molecule has 0 saturated carbocycles. The molecule has 0 N–H and O–H groups in total. The van der Waals surface area contributed by atoms with E-state index in [4.69, 9.17) is 0 Å². The molecule has 5 heteroatoms. The highest BCUT2D eigenvalue weighted by Gasteiger charge is 2.45. The molecular formula is C18H25F2NSi2. The van der Waals surface area contributed by atoms with Gasteiger partial charge >= 0.3 is 8.57 Å². The van der Waals surface area contributed by atoms with Crippen molar-refractivity contribution in [2.45, 2.75) is 38.4 Å². The Morgan fingerprint density at radius 1 is 0.826 bits per heavy atom. The van der Waals surface area contributed by atoms with Gasteiger partial charge < -0.3 is 4.11 Å². The summed E-state index contributed by atoms with van der Waals surface area (Å²) < 4.78 is 32.1. The van der Waals surface area contributed by atoms with Crippen LogP contribution in [0.25, 0.3) is 0 Å². The monoisotopic (exact) mass is 349 g/mol. The molecule has 0 spiro atoms. The summed E-state index contributed by atoms with van der Waals surface area (Å²) in [7, 11) is -6.33. The lowest BCUT2D eigenvalue weighted by Crippen LogP contribution is -2.53. The summed E-state index contributed by atoms with van der Waals surface area (Å²) in [6.45, 7) is 7.07. The van der Waals surface area contributed by atoms with E-state index in [0.717, 1.165) is 11.1 Å². The van der Waals surface area contributed by atoms with Gasteiger partial charge in [0.25, 0.3) is 8.41 Å². The minimum Gasteiger partial charge on any atom is -0.312 e. The number of rotatable bonds is 6. The quantitative estimate of drug-likeness (QED) is 0.483. The third-order valence-corrected chi connectivity index (χ3v) is 7.94. The molecule has 0 aliphatic rings. The first-order valence-corrected chi connectivity index (χ1v) is 13.7. The standard InChI is InChI=1S/C18H25F2NSi2/c1-22(2,19)18(17-13-9-6-10-14-17)21(23(3,4)20)15-16-11-7-5-8-12-16/h5-14,18H,15H2,1-4H3. The lowest BCUT2D eigenvalue weighted by molar-refractivity contribution is 0.336. The van der Waals surface area contributed by atoms with Crippen LogP contribution >= 0.6 is 0 Å². The second-order valence-corrected chi connectivity index (χ2v) is 14.0. The molecule has 0 saturated heterocycles. The van der Waals surface area contributed by atoms with Crippen LogP contribution < -0.4 is 0 Å². The Morgan fingerprint density at radius 3 is 1.74 bits per heavy atom. The van der Waals surface area contributed by atoms with E-state index in [1.165, 1.54) is 0 Å². The molecule has 1 nitrogen and oxygen atoms in total. The first-order valence-electron chi connectivity index (χ1n) is 7.93.